The molecule has 94 valence electrons. The van der Waals surface area contributed by atoms with Gasteiger partial charge in [-0.25, -0.2) is 4.39 Å². The summed E-state index contributed by atoms with van der Waals surface area (Å²) >= 11 is 0. The third kappa shape index (κ3) is 2.41. The number of halogens is 1. The molecular formula is C12H17FN2O2. The van der Waals surface area contributed by atoms with Crippen molar-refractivity contribution in [3.8, 4) is 5.75 Å². The molecule has 5 heteroatoms. The van der Waals surface area contributed by atoms with Crippen LogP contribution in [0.4, 0.5) is 4.39 Å². The molecule has 1 saturated heterocycles. The fourth-order valence-corrected chi connectivity index (χ4v) is 2.22. The molecule has 2 atom stereocenters. The molecule has 1 aliphatic rings. The molecule has 0 saturated carbocycles. The average molecular weight is 240 g/mol. The second-order valence-corrected chi connectivity index (χ2v) is 4.13. The first kappa shape index (κ1) is 12.3. The SMILES string of the molecule is COc1cccc(C(NN)C2CCOC2)c1F. The van der Waals surface area contributed by atoms with Gasteiger partial charge in [0.2, 0.25) is 0 Å². The van der Waals surface area contributed by atoms with Gasteiger partial charge >= 0.3 is 0 Å². The van der Waals surface area contributed by atoms with E-state index in [9.17, 15) is 4.39 Å². The first-order valence-corrected chi connectivity index (χ1v) is 5.64. The summed E-state index contributed by atoms with van der Waals surface area (Å²) in [5.41, 5.74) is 3.21. The lowest BCUT2D eigenvalue weighted by Gasteiger charge is -2.22. The van der Waals surface area contributed by atoms with E-state index < -0.39 is 0 Å². The number of benzene rings is 1. The largest absolute Gasteiger partial charge is 0.494 e. The molecule has 0 aromatic heterocycles. The average Bonchev–Trinajstić information content (AvgIpc) is 2.86. The first-order valence-electron chi connectivity index (χ1n) is 5.64. The first-order chi connectivity index (χ1) is 8.27. The van der Waals surface area contributed by atoms with E-state index in [2.05, 4.69) is 5.43 Å². The Morgan fingerprint density at radius 2 is 2.41 bits per heavy atom. The lowest BCUT2D eigenvalue weighted by molar-refractivity contribution is 0.176. The monoisotopic (exact) mass is 240 g/mol. The second kappa shape index (κ2) is 5.44. The Morgan fingerprint density at radius 3 is 3.00 bits per heavy atom. The molecule has 3 N–H and O–H groups in total. The Balaban J connectivity index is 2.29. The number of hydrogen-bond donors (Lipinski definition) is 2. The van der Waals surface area contributed by atoms with Crippen LogP contribution in [-0.2, 0) is 4.74 Å². The molecule has 2 unspecified atom stereocenters. The molecule has 1 aromatic rings. The molecule has 4 nitrogen and oxygen atoms in total. The van der Waals surface area contributed by atoms with Gasteiger partial charge in [-0.05, 0) is 12.5 Å². The van der Waals surface area contributed by atoms with Crippen LogP contribution in [0.2, 0.25) is 0 Å². The number of hydrazine groups is 1. The highest BCUT2D eigenvalue weighted by Crippen LogP contribution is 2.32. The van der Waals surface area contributed by atoms with Gasteiger partial charge in [0.15, 0.2) is 11.6 Å². The predicted octanol–water partition coefficient (Wildman–Crippen LogP) is 1.38. The van der Waals surface area contributed by atoms with Crippen molar-refractivity contribution in [3.63, 3.8) is 0 Å². The van der Waals surface area contributed by atoms with Crippen molar-refractivity contribution in [2.75, 3.05) is 20.3 Å². The Labute approximate surface area is 99.9 Å². The van der Waals surface area contributed by atoms with Crippen molar-refractivity contribution in [1.82, 2.24) is 5.43 Å². The second-order valence-electron chi connectivity index (χ2n) is 4.13. The number of ether oxygens (including phenoxy) is 2. The Kier molecular flexibility index (Phi) is 3.93. The third-order valence-corrected chi connectivity index (χ3v) is 3.16. The van der Waals surface area contributed by atoms with Gasteiger partial charge in [0.05, 0.1) is 19.8 Å². The van der Waals surface area contributed by atoms with E-state index in [1.54, 1.807) is 18.2 Å². The summed E-state index contributed by atoms with van der Waals surface area (Å²) in [5.74, 6) is 5.61. The van der Waals surface area contributed by atoms with Crippen molar-refractivity contribution < 1.29 is 13.9 Å². The van der Waals surface area contributed by atoms with Crippen LogP contribution in [0.3, 0.4) is 0 Å². The van der Waals surface area contributed by atoms with E-state index >= 15 is 0 Å². The highest BCUT2D eigenvalue weighted by atomic mass is 19.1. The smallest absolute Gasteiger partial charge is 0.169 e. The fourth-order valence-electron chi connectivity index (χ4n) is 2.22. The number of nitrogens with one attached hydrogen (secondary N) is 1. The van der Waals surface area contributed by atoms with Gasteiger partial charge in [-0.1, -0.05) is 12.1 Å². The zero-order valence-electron chi connectivity index (χ0n) is 9.78. The molecule has 1 fully saturated rings. The van der Waals surface area contributed by atoms with E-state index in [0.717, 1.165) is 6.42 Å². The van der Waals surface area contributed by atoms with E-state index in [0.29, 0.717) is 18.8 Å². The maximum absolute atomic E-state index is 14.1. The predicted molar refractivity (Wildman–Crippen MR) is 61.9 cm³/mol. The zero-order valence-corrected chi connectivity index (χ0v) is 9.78. The van der Waals surface area contributed by atoms with Gasteiger partial charge in [-0.3, -0.25) is 11.3 Å². The van der Waals surface area contributed by atoms with Crippen LogP contribution < -0.4 is 16.0 Å². The van der Waals surface area contributed by atoms with Gasteiger partial charge < -0.3 is 9.47 Å². The molecule has 2 rings (SSSR count). The van der Waals surface area contributed by atoms with Gasteiger partial charge in [0.25, 0.3) is 0 Å². The van der Waals surface area contributed by atoms with Gasteiger partial charge in [0.1, 0.15) is 0 Å². The summed E-state index contributed by atoms with van der Waals surface area (Å²) in [4.78, 5) is 0. The molecule has 1 aromatic carbocycles. The van der Waals surface area contributed by atoms with E-state index in [4.69, 9.17) is 15.3 Å². The van der Waals surface area contributed by atoms with Crippen LogP contribution in [0.25, 0.3) is 0 Å². The maximum atomic E-state index is 14.1. The minimum atomic E-state index is -0.357. The van der Waals surface area contributed by atoms with Crippen LogP contribution >= 0.6 is 0 Å². The normalized spacial score (nSPS) is 21.5. The molecular weight excluding hydrogens is 223 g/mol. The maximum Gasteiger partial charge on any atom is 0.169 e. The fraction of sp³-hybridized carbons (Fsp3) is 0.500. The number of rotatable bonds is 4. The summed E-state index contributed by atoms with van der Waals surface area (Å²) in [6.45, 7) is 1.31. The minimum absolute atomic E-state index is 0.196. The van der Waals surface area contributed by atoms with Crippen LogP contribution in [0.5, 0.6) is 5.75 Å². The number of hydrogen-bond acceptors (Lipinski definition) is 4. The highest BCUT2D eigenvalue weighted by Gasteiger charge is 2.29. The van der Waals surface area contributed by atoms with Crippen molar-refractivity contribution >= 4 is 0 Å². The van der Waals surface area contributed by atoms with E-state index in [-0.39, 0.29) is 23.5 Å². The summed E-state index contributed by atoms with van der Waals surface area (Å²) < 4.78 is 24.4. The topological polar surface area (TPSA) is 56.5 Å². The number of nitrogens with two attached hydrogens (primary N) is 1. The van der Waals surface area contributed by atoms with Gasteiger partial charge in [0, 0.05) is 18.1 Å². The van der Waals surface area contributed by atoms with Crippen LogP contribution in [0.15, 0.2) is 18.2 Å². The van der Waals surface area contributed by atoms with Crippen LogP contribution in [0, 0.1) is 11.7 Å². The van der Waals surface area contributed by atoms with Crippen molar-refractivity contribution in [2.24, 2.45) is 11.8 Å². The summed E-state index contributed by atoms with van der Waals surface area (Å²) in [6.07, 6.45) is 0.880. The highest BCUT2D eigenvalue weighted by molar-refractivity contribution is 5.33. The van der Waals surface area contributed by atoms with E-state index in [1.807, 2.05) is 0 Å². The Morgan fingerprint density at radius 1 is 1.59 bits per heavy atom. The summed E-state index contributed by atoms with van der Waals surface area (Å²) in [6, 6.07) is 4.84. The molecule has 1 heterocycles. The summed E-state index contributed by atoms with van der Waals surface area (Å²) in [7, 11) is 1.45. The quantitative estimate of drug-likeness (QED) is 0.616. The molecule has 17 heavy (non-hydrogen) atoms. The van der Waals surface area contributed by atoms with Crippen LogP contribution in [-0.4, -0.2) is 20.3 Å². The lowest BCUT2D eigenvalue weighted by Crippen LogP contribution is -2.34. The van der Waals surface area contributed by atoms with Crippen molar-refractivity contribution in [2.45, 2.75) is 12.5 Å². The Bertz CT molecular complexity index is 381. The van der Waals surface area contributed by atoms with Gasteiger partial charge in [-0.15, -0.1) is 0 Å². The molecule has 1 aliphatic heterocycles. The molecule has 0 bridgehead atoms. The third-order valence-electron chi connectivity index (χ3n) is 3.16. The molecule has 0 radical (unpaired) electrons. The lowest BCUT2D eigenvalue weighted by atomic mass is 9.92. The van der Waals surface area contributed by atoms with Crippen molar-refractivity contribution in [3.05, 3.63) is 29.6 Å². The standard InChI is InChI=1S/C12H17FN2O2/c1-16-10-4-2-3-9(11(10)13)12(15-14)8-5-6-17-7-8/h2-4,8,12,15H,5-7,14H2,1H3. The molecule has 0 amide bonds. The van der Waals surface area contributed by atoms with Crippen molar-refractivity contribution in [1.29, 1.82) is 0 Å². The molecule has 0 spiro atoms. The molecule has 0 aliphatic carbocycles. The zero-order chi connectivity index (χ0) is 12.3. The summed E-state index contributed by atoms with van der Waals surface area (Å²) in [5, 5.41) is 0. The van der Waals surface area contributed by atoms with Crippen LogP contribution in [0.1, 0.15) is 18.0 Å². The number of methoxy groups -OCH3 is 1. The van der Waals surface area contributed by atoms with Gasteiger partial charge in [-0.2, -0.15) is 0 Å². The Hall–Kier alpha value is -1.17. The van der Waals surface area contributed by atoms with E-state index in [1.165, 1.54) is 7.11 Å². The minimum Gasteiger partial charge on any atom is -0.494 e.